The molecule has 0 aromatic carbocycles. The molecule has 0 aliphatic heterocycles. The predicted octanol–water partition coefficient (Wildman–Crippen LogP) is -1.91. The fourth-order valence-corrected chi connectivity index (χ4v) is 1.08. The number of amides is 4. The monoisotopic (exact) mass is 274 g/mol. The molecule has 9 nitrogen and oxygen atoms in total. The maximum absolute atomic E-state index is 11.4. The molecule has 1 atom stereocenters. The van der Waals surface area contributed by atoms with Crippen LogP contribution in [0.2, 0.25) is 0 Å². The van der Waals surface area contributed by atoms with Crippen LogP contribution in [0.25, 0.3) is 0 Å². The van der Waals surface area contributed by atoms with Crippen LogP contribution in [0.4, 0.5) is 4.79 Å². The van der Waals surface area contributed by atoms with Crippen LogP contribution in [0.5, 0.6) is 0 Å². The van der Waals surface area contributed by atoms with Crippen molar-refractivity contribution < 1.29 is 24.3 Å². The maximum Gasteiger partial charge on any atom is 0.326 e. The number of nitrogens with zero attached hydrogens (tertiary/aromatic N) is 1. The van der Waals surface area contributed by atoms with Crippen LogP contribution in [-0.4, -0.2) is 60.0 Å². The lowest BCUT2D eigenvalue weighted by atomic mass is 10.2. The lowest BCUT2D eigenvalue weighted by Gasteiger charge is -2.16. The molecule has 0 saturated heterocycles. The van der Waals surface area contributed by atoms with E-state index in [1.807, 2.05) is 5.32 Å². The molecule has 108 valence electrons. The minimum atomic E-state index is -1.42. The largest absolute Gasteiger partial charge is 0.480 e. The molecule has 0 aromatic rings. The molecule has 0 aliphatic carbocycles. The Morgan fingerprint density at radius 2 is 1.89 bits per heavy atom. The number of hydrogen-bond acceptors (Lipinski definition) is 4. The summed E-state index contributed by atoms with van der Waals surface area (Å²) in [6.07, 6.45) is -0.522. The highest BCUT2D eigenvalue weighted by Gasteiger charge is 2.22. The molecule has 5 N–H and O–H groups in total. The summed E-state index contributed by atoms with van der Waals surface area (Å²) in [5.41, 5.74) is 4.85. The van der Waals surface area contributed by atoms with Crippen LogP contribution in [0.1, 0.15) is 13.3 Å². The van der Waals surface area contributed by atoms with E-state index in [1.54, 1.807) is 14.0 Å². The van der Waals surface area contributed by atoms with Crippen LogP contribution in [0, 0.1) is 0 Å². The van der Waals surface area contributed by atoms with Gasteiger partial charge in [0.15, 0.2) is 0 Å². The van der Waals surface area contributed by atoms with E-state index in [9.17, 15) is 19.2 Å². The Balaban J connectivity index is 4.24. The molecule has 0 fully saturated rings. The number of carbonyl (C=O) groups excluding carboxylic acids is 3. The van der Waals surface area contributed by atoms with Gasteiger partial charge >= 0.3 is 12.0 Å². The summed E-state index contributed by atoms with van der Waals surface area (Å²) in [5.74, 6) is -2.56. The number of carboxylic acids is 1. The Morgan fingerprint density at radius 1 is 1.32 bits per heavy atom. The topological polar surface area (TPSA) is 142 Å². The smallest absolute Gasteiger partial charge is 0.326 e. The quantitative estimate of drug-likeness (QED) is 0.428. The zero-order chi connectivity index (χ0) is 15.0. The maximum atomic E-state index is 11.4. The number of nitrogens with one attached hydrogen (secondary N) is 2. The number of hydrogen-bond donors (Lipinski definition) is 4. The molecule has 0 spiro atoms. The van der Waals surface area contributed by atoms with Gasteiger partial charge in [0.25, 0.3) is 0 Å². The number of nitrogens with two attached hydrogens (primary N) is 1. The van der Waals surface area contributed by atoms with Gasteiger partial charge in [-0.25, -0.2) is 9.59 Å². The van der Waals surface area contributed by atoms with Gasteiger partial charge in [-0.05, 0) is 6.92 Å². The summed E-state index contributed by atoms with van der Waals surface area (Å²) < 4.78 is 0. The lowest BCUT2D eigenvalue weighted by Crippen LogP contribution is -2.49. The Morgan fingerprint density at radius 3 is 2.32 bits per heavy atom. The molecule has 0 bridgehead atoms. The van der Waals surface area contributed by atoms with E-state index in [4.69, 9.17) is 10.8 Å². The Kier molecular flexibility index (Phi) is 6.94. The lowest BCUT2D eigenvalue weighted by molar-refractivity contribution is -0.140. The predicted molar refractivity (Wildman–Crippen MR) is 65.1 cm³/mol. The van der Waals surface area contributed by atoms with E-state index >= 15 is 0 Å². The first-order valence-corrected chi connectivity index (χ1v) is 5.57. The van der Waals surface area contributed by atoms with Gasteiger partial charge in [0.2, 0.25) is 11.8 Å². The molecular weight excluding hydrogens is 256 g/mol. The molecule has 0 saturated carbocycles. The van der Waals surface area contributed by atoms with E-state index in [1.165, 1.54) is 4.90 Å². The summed E-state index contributed by atoms with van der Waals surface area (Å²) in [6, 6.07) is -2.27. The van der Waals surface area contributed by atoms with Gasteiger partial charge in [-0.15, -0.1) is 0 Å². The van der Waals surface area contributed by atoms with Crippen LogP contribution in [0.3, 0.4) is 0 Å². The zero-order valence-electron chi connectivity index (χ0n) is 10.8. The van der Waals surface area contributed by atoms with Crippen LogP contribution >= 0.6 is 0 Å². The molecule has 19 heavy (non-hydrogen) atoms. The number of rotatable bonds is 7. The van der Waals surface area contributed by atoms with Crippen molar-refractivity contribution in [1.29, 1.82) is 0 Å². The van der Waals surface area contributed by atoms with Gasteiger partial charge in [0.1, 0.15) is 6.04 Å². The SMILES string of the molecule is CCN(C)C(=O)CNC(=O)N[C@@H](CC(N)=O)C(=O)O. The highest BCUT2D eigenvalue weighted by atomic mass is 16.4. The second kappa shape index (κ2) is 7.90. The first-order valence-electron chi connectivity index (χ1n) is 5.57. The van der Waals surface area contributed by atoms with Gasteiger partial charge in [0.05, 0.1) is 13.0 Å². The van der Waals surface area contributed by atoms with Crippen molar-refractivity contribution in [3.63, 3.8) is 0 Å². The number of carboxylic acid groups (broad SMARTS) is 1. The molecule has 0 aromatic heterocycles. The molecule has 0 aliphatic rings. The average Bonchev–Trinajstić information content (AvgIpc) is 2.33. The van der Waals surface area contributed by atoms with E-state index in [2.05, 4.69) is 5.32 Å². The average molecular weight is 274 g/mol. The summed E-state index contributed by atoms with van der Waals surface area (Å²) >= 11 is 0. The molecule has 0 radical (unpaired) electrons. The normalized spacial score (nSPS) is 11.3. The van der Waals surface area contributed by atoms with Crippen molar-refractivity contribution in [1.82, 2.24) is 15.5 Å². The van der Waals surface area contributed by atoms with Crippen LogP contribution < -0.4 is 16.4 Å². The highest BCUT2D eigenvalue weighted by molar-refractivity contribution is 5.89. The second-order valence-electron chi connectivity index (χ2n) is 3.80. The number of urea groups is 1. The Bertz CT molecular complexity index is 371. The Labute approximate surface area is 110 Å². The summed E-state index contributed by atoms with van der Waals surface area (Å²) in [5, 5.41) is 13.0. The van der Waals surface area contributed by atoms with Gasteiger partial charge < -0.3 is 26.4 Å². The summed E-state index contributed by atoms with van der Waals surface area (Å²) in [4.78, 5) is 45.5. The van der Waals surface area contributed by atoms with Gasteiger partial charge in [-0.3, -0.25) is 9.59 Å². The third kappa shape index (κ3) is 6.86. The minimum Gasteiger partial charge on any atom is -0.480 e. The first-order chi connectivity index (χ1) is 8.77. The van der Waals surface area contributed by atoms with Gasteiger partial charge in [-0.2, -0.15) is 0 Å². The van der Waals surface area contributed by atoms with Crippen molar-refractivity contribution in [2.75, 3.05) is 20.1 Å². The van der Waals surface area contributed by atoms with Gasteiger partial charge in [-0.1, -0.05) is 0 Å². The molecule has 4 amide bonds. The standard InChI is InChI=1S/C10H18N4O5/c1-3-14(2)8(16)5-12-10(19)13-6(9(17)18)4-7(11)15/h6H,3-5H2,1-2H3,(H2,11,15)(H,17,18)(H2,12,13,19)/t6-/m0/s1. The number of primary amides is 1. The fraction of sp³-hybridized carbons (Fsp3) is 0.600. The Hall–Kier alpha value is -2.32. The molecule has 0 rings (SSSR count). The molecule has 0 heterocycles. The van der Waals surface area contributed by atoms with E-state index < -0.39 is 30.4 Å². The minimum absolute atomic E-state index is 0.265. The van der Waals surface area contributed by atoms with E-state index in [0.29, 0.717) is 6.54 Å². The number of likely N-dealkylation sites (N-methyl/N-ethyl adjacent to an activating group) is 1. The summed E-state index contributed by atoms with van der Waals surface area (Å²) in [7, 11) is 1.56. The van der Waals surface area contributed by atoms with Crippen molar-refractivity contribution in [2.24, 2.45) is 5.73 Å². The van der Waals surface area contributed by atoms with Crippen LogP contribution in [-0.2, 0) is 14.4 Å². The van der Waals surface area contributed by atoms with Crippen LogP contribution in [0.15, 0.2) is 0 Å². The molecule has 9 heteroatoms. The zero-order valence-corrected chi connectivity index (χ0v) is 10.8. The van der Waals surface area contributed by atoms with E-state index in [-0.39, 0.29) is 12.5 Å². The van der Waals surface area contributed by atoms with Gasteiger partial charge in [0, 0.05) is 13.6 Å². The number of aliphatic carboxylic acids is 1. The fourth-order valence-electron chi connectivity index (χ4n) is 1.08. The van der Waals surface area contributed by atoms with Crippen molar-refractivity contribution in [3.05, 3.63) is 0 Å². The van der Waals surface area contributed by atoms with E-state index in [0.717, 1.165) is 0 Å². The highest BCUT2D eigenvalue weighted by Crippen LogP contribution is 1.91. The third-order valence-corrected chi connectivity index (χ3v) is 2.31. The van der Waals surface area contributed by atoms with Crippen molar-refractivity contribution in [2.45, 2.75) is 19.4 Å². The third-order valence-electron chi connectivity index (χ3n) is 2.31. The molecular formula is C10H18N4O5. The second-order valence-corrected chi connectivity index (χ2v) is 3.80. The number of carbonyl (C=O) groups is 4. The first kappa shape index (κ1) is 16.7. The summed E-state index contributed by atoms with van der Waals surface area (Å²) in [6.45, 7) is 1.99. The van der Waals surface area contributed by atoms with Crippen molar-refractivity contribution in [3.8, 4) is 0 Å². The molecule has 0 unspecified atom stereocenters. The van der Waals surface area contributed by atoms with Crippen molar-refractivity contribution >= 4 is 23.8 Å².